The largest absolute Gasteiger partial charge is 0.399 e. The van der Waals surface area contributed by atoms with E-state index in [1.165, 1.54) is 0 Å². The van der Waals surface area contributed by atoms with Crippen LogP contribution in [0.4, 0.5) is 17.1 Å². The lowest BCUT2D eigenvalue weighted by molar-refractivity contribution is -0.115. The summed E-state index contributed by atoms with van der Waals surface area (Å²) in [6.07, 6.45) is 5.29. The number of halogens is 2. The Morgan fingerprint density at radius 1 is 1.15 bits per heavy atom. The summed E-state index contributed by atoms with van der Waals surface area (Å²) in [5.41, 5.74) is 11.4. The maximum Gasteiger partial charge on any atom is 0.164 e. The fourth-order valence-corrected chi connectivity index (χ4v) is 4.13. The van der Waals surface area contributed by atoms with Crippen LogP contribution in [0.15, 0.2) is 59.1 Å². The highest BCUT2D eigenvalue weighted by molar-refractivity contribution is 6.42. The maximum absolute atomic E-state index is 13.0. The molecule has 2 aromatic rings. The average Bonchev–Trinajstić information content (AvgIpc) is 3.18. The van der Waals surface area contributed by atoms with Gasteiger partial charge in [0.25, 0.3) is 0 Å². The third-order valence-corrected chi connectivity index (χ3v) is 5.87. The van der Waals surface area contributed by atoms with Gasteiger partial charge in [0, 0.05) is 39.5 Å². The first-order valence-electron chi connectivity index (χ1n) is 11.8. The summed E-state index contributed by atoms with van der Waals surface area (Å²) in [7, 11) is 0. The van der Waals surface area contributed by atoms with Crippen molar-refractivity contribution in [1.82, 2.24) is 0 Å². The molecule has 34 heavy (non-hydrogen) atoms. The van der Waals surface area contributed by atoms with E-state index in [-0.39, 0.29) is 11.8 Å². The molecule has 0 fully saturated rings. The van der Waals surface area contributed by atoms with Crippen LogP contribution in [0.5, 0.6) is 0 Å². The van der Waals surface area contributed by atoms with Crippen molar-refractivity contribution in [3.05, 3.63) is 69.7 Å². The molecule has 0 spiro atoms. The van der Waals surface area contributed by atoms with Gasteiger partial charge in [0.2, 0.25) is 0 Å². The molecule has 182 valence electrons. The van der Waals surface area contributed by atoms with Crippen LogP contribution in [0.25, 0.3) is 5.57 Å². The van der Waals surface area contributed by atoms with Crippen molar-refractivity contribution in [1.29, 1.82) is 0 Å². The van der Waals surface area contributed by atoms with E-state index in [4.69, 9.17) is 33.9 Å². The second-order valence-electron chi connectivity index (χ2n) is 8.41. The number of nitrogen functional groups attached to an aromatic ring is 1. The van der Waals surface area contributed by atoms with Gasteiger partial charge in [-0.25, -0.2) is 0 Å². The van der Waals surface area contributed by atoms with Gasteiger partial charge in [0.05, 0.1) is 22.5 Å². The summed E-state index contributed by atoms with van der Waals surface area (Å²) in [4.78, 5) is 17.8. The minimum absolute atomic E-state index is 0.0545. The van der Waals surface area contributed by atoms with Crippen LogP contribution in [0.1, 0.15) is 59.9 Å². The van der Waals surface area contributed by atoms with Crippen LogP contribution in [0.3, 0.4) is 0 Å². The predicted molar refractivity (Wildman–Crippen MR) is 150 cm³/mol. The van der Waals surface area contributed by atoms with Crippen molar-refractivity contribution in [2.45, 2.75) is 60.4 Å². The van der Waals surface area contributed by atoms with E-state index in [1.54, 1.807) is 12.1 Å². The highest BCUT2D eigenvalue weighted by atomic mass is 35.5. The molecule has 1 atom stereocenters. The summed E-state index contributed by atoms with van der Waals surface area (Å²) in [5, 5.41) is 4.46. The number of nitrogens with two attached hydrogens (primary N) is 1. The van der Waals surface area contributed by atoms with E-state index in [0.717, 1.165) is 28.9 Å². The van der Waals surface area contributed by atoms with E-state index in [1.807, 2.05) is 64.1 Å². The third-order valence-electron chi connectivity index (χ3n) is 5.32. The van der Waals surface area contributed by atoms with Crippen LogP contribution in [0.2, 0.25) is 10.0 Å². The number of aliphatic imine (C=N–C) groups is 1. The van der Waals surface area contributed by atoms with E-state index < -0.39 is 0 Å². The number of carbonyl (C=O) groups is 1. The molecule has 6 heteroatoms. The second kappa shape index (κ2) is 12.8. The zero-order valence-corrected chi connectivity index (χ0v) is 22.4. The Hall–Kier alpha value is -2.56. The molecule has 0 aromatic heterocycles. The molecule has 1 aliphatic heterocycles. The summed E-state index contributed by atoms with van der Waals surface area (Å²) < 4.78 is 0. The molecular formula is C28H35Cl2N3O. The summed E-state index contributed by atoms with van der Waals surface area (Å²) in [6, 6.07) is 10.9. The number of hydrogen-bond donors (Lipinski definition) is 2. The third kappa shape index (κ3) is 6.97. The summed E-state index contributed by atoms with van der Waals surface area (Å²) >= 11 is 12.4. The fraction of sp³-hybridized carbons (Fsp3) is 0.357. The minimum atomic E-state index is -0.0545. The van der Waals surface area contributed by atoms with Gasteiger partial charge in [0.1, 0.15) is 0 Å². The number of nitrogens with zero attached hydrogens (tertiary/aromatic N) is 1. The highest BCUT2D eigenvalue weighted by Gasteiger charge is 2.27. The van der Waals surface area contributed by atoms with Crippen LogP contribution in [-0.4, -0.2) is 17.5 Å². The van der Waals surface area contributed by atoms with Crippen molar-refractivity contribution in [3.8, 4) is 0 Å². The van der Waals surface area contributed by atoms with Crippen LogP contribution in [-0.2, 0) is 4.79 Å². The number of rotatable bonds is 8. The number of nitrogens with one attached hydrogen (secondary N) is 1. The van der Waals surface area contributed by atoms with Gasteiger partial charge in [-0.3, -0.25) is 9.79 Å². The number of carbonyl (C=O) groups excluding carboxylic acids is 1. The van der Waals surface area contributed by atoms with E-state index >= 15 is 0 Å². The Bertz CT molecular complexity index is 1120. The maximum atomic E-state index is 13.0. The number of anilines is 3. The highest BCUT2D eigenvalue weighted by Crippen LogP contribution is 2.36. The van der Waals surface area contributed by atoms with Gasteiger partial charge in [0.15, 0.2) is 5.78 Å². The SMILES string of the molecule is C/C=C(\C1=NC(C)C=C1C(=O)CCC(C)C)c1cc(N)ccc1Nc1ccc(Cl)cc1Cl.CC. The molecule has 1 aliphatic rings. The molecule has 0 saturated heterocycles. The lowest BCUT2D eigenvalue weighted by atomic mass is 9.90. The van der Waals surface area contributed by atoms with Gasteiger partial charge in [-0.2, -0.15) is 0 Å². The van der Waals surface area contributed by atoms with Crippen molar-refractivity contribution in [2.24, 2.45) is 10.9 Å². The molecule has 1 unspecified atom stereocenters. The predicted octanol–water partition coefficient (Wildman–Crippen LogP) is 8.52. The molecule has 0 aliphatic carbocycles. The molecule has 3 N–H and O–H groups in total. The lowest BCUT2D eigenvalue weighted by Crippen LogP contribution is -2.14. The number of Topliss-reactive ketones (excluding diaryl/α,β-unsaturated/α-hetero) is 1. The molecule has 2 aromatic carbocycles. The number of hydrogen-bond acceptors (Lipinski definition) is 4. The van der Waals surface area contributed by atoms with E-state index in [0.29, 0.717) is 39.4 Å². The Morgan fingerprint density at radius 2 is 1.82 bits per heavy atom. The Kier molecular flexibility index (Phi) is 10.4. The molecule has 0 radical (unpaired) electrons. The van der Waals surface area contributed by atoms with E-state index in [9.17, 15) is 4.79 Å². The molecule has 1 heterocycles. The van der Waals surface area contributed by atoms with Crippen LogP contribution < -0.4 is 11.1 Å². The number of allylic oxidation sites excluding steroid dienone is 3. The molecule has 0 bridgehead atoms. The smallest absolute Gasteiger partial charge is 0.164 e. The van der Waals surface area contributed by atoms with Crippen LogP contribution in [0, 0.1) is 5.92 Å². The zero-order valence-electron chi connectivity index (χ0n) is 20.9. The summed E-state index contributed by atoms with van der Waals surface area (Å²) in [6.45, 7) is 12.2. The topological polar surface area (TPSA) is 67.5 Å². The Morgan fingerprint density at radius 3 is 2.44 bits per heavy atom. The van der Waals surface area contributed by atoms with Crippen molar-refractivity contribution >= 4 is 57.3 Å². The second-order valence-corrected chi connectivity index (χ2v) is 9.25. The van der Waals surface area contributed by atoms with Gasteiger partial charge < -0.3 is 11.1 Å². The fourth-order valence-electron chi connectivity index (χ4n) is 3.67. The van der Waals surface area contributed by atoms with Gasteiger partial charge in [-0.05, 0) is 68.7 Å². The van der Waals surface area contributed by atoms with Gasteiger partial charge >= 0.3 is 0 Å². The monoisotopic (exact) mass is 499 g/mol. The Labute approximate surface area is 214 Å². The van der Waals surface area contributed by atoms with E-state index in [2.05, 4.69) is 19.2 Å². The first-order chi connectivity index (χ1) is 16.2. The minimum Gasteiger partial charge on any atom is -0.399 e. The van der Waals surface area contributed by atoms with Crippen molar-refractivity contribution < 1.29 is 4.79 Å². The normalized spacial score (nSPS) is 15.4. The first-order valence-corrected chi connectivity index (χ1v) is 12.6. The summed E-state index contributed by atoms with van der Waals surface area (Å²) in [5.74, 6) is 0.592. The molecule has 0 saturated carbocycles. The number of ketones is 1. The van der Waals surface area contributed by atoms with Gasteiger partial charge in [-0.15, -0.1) is 0 Å². The van der Waals surface area contributed by atoms with Crippen molar-refractivity contribution in [3.63, 3.8) is 0 Å². The molecule has 0 amide bonds. The quantitative estimate of drug-likeness (QED) is 0.357. The molecule has 3 rings (SSSR count). The number of benzene rings is 2. The van der Waals surface area contributed by atoms with Crippen molar-refractivity contribution in [2.75, 3.05) is 11.1 Å². The Balaban J connectivity index is 0.00000199. The average molecular weight is 501 g/mol. The van der Waals surface area contributed by atoms with Crippen LogP contribution >= 0.6 is 23.2 Å². The molecule has 4 nitrogen and oxygen atoms in total. The molecular weight excluding hydrogens is 465 g/mol. The van der Waals surface area contributed by atoms with Gasteiger partial charge in [-0.1, -0.05) is 57.0 Å². The standard InChI is InChI=1S/C26H29Cl2N3O.C2H6/c1-5-19(26-21(12-16(4)30-26)25(32)11-6-15(2)3)20-14-18(29)8-10-23(20)31-24-9-7-17(27)13-22(24)28;1-2/h5,7-10,12-16,31H,6,11,29H2,1-4H3;1-2H3/b19-5-;. The zero-order chi connectivity index (χ0) is 25.4. The first kappa shape index (κ1) is 27.7. The lowest BCUT2D eigenvalue weighted by Gasteiger charge is -2.18.